The summed E-state index contributed by atoms with van der Waals surface area (Å²) in [6.45, 7) is 4.87. The molecule has 0 spiro atoms. The van der Waals surface area contributed by atoms with E-state index in [9.17, 15) is 8.42 Å². The molecule has 2 saturated heterocycles. The fourth-order valence-electron chi connectivity index (χ4n) is 3.29. The minimum Gasteiger partial charge on any atom is -0.317 e. The third-order valence-corrected chi connectivity index (χ3v) is 6.57. The maximum atomic E-state index is 12.3. The summed E-state index contributed by atoms with van der Waals surface area (Å²) in [4.78, 5) is 2.28. The summed E-state index contributed by atoms with van der Waals surface area (Å²) < 4.78 is 26.3. The topological polar surface area (TPSA) is 52.7 Å². The second-order valence-electron chi connectivity index (χ2n) is 6.50. The molecule has 2 aliphatic heterocycles. The molecule has 2 fully saturated rings. The Morgan fingerprint density at radius 3 is 2.50 bits per heavy atom. The predicted octanol–water partition coefficient (Wildman–Crippen LogP) is 0.589. The van der Waals surface area contributed by atoms with E-state index in [1.54, 1.807) is 11.4 Å². The number of hydrogen-bond acceptors (Lipinski definition) is 4. The van der Waals surface area contributed by atoms with Crippen molar-refractivity contribution in [3.05, 3.63) is 0 Å². The summed E-state index contributed by atoms with van der Waals surface area (Å²) in [7, 11) is 0.779. The minimum atomic E-state index is -3.07. The first-order valence-corrected chi connectivity index (χ1v) is 9.41. The zero-order chi connectivity index (χ0) is 14.6. The van der Waals surface area contributed by atoms with Crippen LogP contribution in [0.3, 0.4) is 0 Å². The molecule has 0 amide bonds. The van der Waals surface area contributed by atoms with Crippen LogP contribution >= 0.6 is 0 Å². The van der Waals surface area contributed by atoms with Crippen LogP contribution in [0.25, 0.3) is 0 Å². The molecule has 5 nitrogen and oxygen atoms in total. The summed E-state index contributed by atoms with van der Waals surface area (Å²) in [5.74, 6) is 1.40. The van der Waals surface area contributed by atoms with Crippen molar-refractivity contribution >= 4 is 10.0 Å². The minimum absolute atomic E-state index is 0.316. The summed E-state index contributed by atoms with van der Waals surface area (Å²) >= 11 is 0. The molecule has 118 valence electrons. The van der Waals surface area contributed by atoms with Gasteiger partial charge in [0.2, 0.25) is 10.0 Å². The van der Waals surface area contributed by atoms with E-state index < -0.39 is 10.0 Å². The van der Waals surface area contributed by atoms with Gasteiger partial charge in [0.1, 0.15) is 0 Å². The van der Waals surface area contributed by atoms with Crippen molar-refractivity contribution in [3.8, 4) is 0 Å². The van der Waals surface area contributed by atoms with Crippen LogP contribution in [0.1, 0.15) is 25.7 Å². The standard InChI is InChI=1S/C14H29N3O2S/c1-16-9-5-14(11-16)12-17(2)20(18,19)10-6-13-3-7-15-8-4-13/h13-15H,3-12H2,1-2H3. The summed E-state index contributed by atoms with van der Waals surface area (Å²) in [5, 5.41) is 3.32. The number of piperidine rings is 1. The highest BCUT2D eigenvalue weighted by Crippen LogP contribution is 2.20. The smallest absolute Gasteiger partial charge is 0.213 e. The molecule has 0 aromatic carbocycles. The van der Waals surface area contributed by atoms with Crippen molar-refractivity contribution in [2.45, 2.75) is 25.7 Å². The second-order valence-corrected chi connectivity index (χ2v) is 8.69. The van der Waals surface area contributed by atoms with E-state index in [1.165, 1.54) is 0 Å². The highest BCUT2D eigenvalue weighted by Gasteiger charge is 2.26. The molecule has 6 heteroatoms. The lowest BCUT2D eigenvalue weighted by Crippen LogP contribution is -2.35. The molecular formula is C14H29N3O2S. The van der Waals surface area contributed by atoms with Crippen LogP contribution < -0.4 is 5.32 Å². The predicted molar refractivity (Wildman–Crippen MR) is 82.2 cm³/mol. The zero-order valence-corrected chi connectivity index (χ0v) is 13.7. The van der Waals surface area contributed by atoms with E-state index >= 15 is 0 Å². The number of nitrogens with zero attached hydrogens (tertiary/aromatic N) is 2. The van der Waals surface area contributed by atoms with Gasteiger partial charge in [0, 0.05) is 20.1 Å². The summed E-state index contributed by atoms with van der Waals surface area (Å²) in [5.41, 5.74) is 0. The highest BCUT2D eigenvalue weighted by molar-refractivity contribution is 7.89. The van der Waals surface area contributed by atoms with Crippen molar-refractivity contribution in [3.63, 3.8) is 0 Å². The SMILES string of the molecule is CN1CCC(CN(C)S(=O)(=O)CCC2CCNCC2)C1. The Bertz CT molecular complexity index is 393. The number of rotatable bonds is 6. The molecule has 0 bridgehead atoms. The van der Waals surface area contributed by atoms with E-state index in [1.807, 2.05) is 0 Å². The van der Waals surface area contributed by atoms with Crippen LogP contribution in [0.2, 0.25) is 0 Å². The molecule has 0 saturated carbocycles. The Balaban J connectivity index is 1.76. The van der Waals surface area contributed by atoms with Crippen molar-refractivity contribution in [2.24, 2.45) is 11.8 Å². The van der Waals surface area contributed by atoms with Crippen molar-refractivity contribution in [1.29, 1.82) is 0 Å². The van der Waals surface area contributed by atoms with Crippen molar-refractivity contribution < 1.29 is 8.42 Å². The molecule has 2 heterocycles. The first-order chi connectivity index (χ1) is 9.47. The molecule has 1 N–H and O–H groups in total. The summed E-state index contributed by atoms with van der Waals surface area (Å²) in [6, 6.07) is 0. The van der Waals surface area contributed by atoms with Gasteiger partial charge in [-0.2, -0.15) is 0 Å². The largest absolute Gasteiger partial charge is 0.317 e. The van der Waals surface area contributed by atoms with E-state index in [-0.39, 0.29) is 0 Å². The lowest BCUT2D eigenvalue weighted by atomic mass is 9.96. The van der Waals surface area contributed by atoms with Crippen LogP contribution in [0.5, 0.6) is 0 Å². The number of sulfonamides is 1. The molecule has 0 aliphatic carbocycles. The average molecular weight is 303 g/mol. The van der Waals surface area contributed by atoms with E-state index in [0.29, 0.717) is 24.1 Å². The quantitative estimate of drug-likeness (QED) is 0.780. The van der Waals surface area contributed by atoms with Crippen LogP contribution in [0, 0.1) is 11.8 Å². The van der Waals surface area contributed by atoms with Gasteiger partial charge in [-0.15, -0.1) is 0 Å². The van der Waals surface area contributed by atoms with E-state index in [0.717, 1.165) is 51.9 Å². The van der Waals surface area contributed by atoms with Crippen molar-refractivity contribution in [2.75, 3.05) is 52.6 Å². The Hall–Kier alpha value is -0.170. The molecule has 0 radical (unpaired) electrons. The molecule has 2 aliphatic rings. The molecular weight excluding hydrogens is 274 g/mol. The lowest BCUT2D eigenvalue weighted by molar-refractivity contribution is 0.348. The highest BCUT2D eigenvalue weighted by atomic mass is 32.2. The summed E-state index contributed by atoms with van der Waals surface area (Å²) in [6.07, 6.45) is 4.17. The Morgan fingerprint density at radius 2 is 1.90 bits per heavy atom. The monoisotopic (exact) mass is 303 g/mol. The molecule has 20 heavy (non-hydrogen) atoms. The Kier molecular flexibility index (Phi) is 5.84. The lowest BCUT2D eigenvalue weighted by Gasteiger charge is -2.25. The van der Waals surface area contributed by atoms with Crippen LogP contribution in [0.15, 0.2) is 0 Å². The fraction of sp³-hybridized carbons (Fsp3) is 1.00. The van der Waals surface area contributed by atoms with Crippen LogP contribution in [0.4, 0.5) is 0 Å². The third-order valence-electron chi connectivity index (χ3n) is 4.72. The average Bonchev–Trinajstić information content (AvgIpc) is 2.83. The van der Waals surface area contributed by atoms with Gasteiger partial charge in [0.25, 0.3) is 0 Å². The normalized spacial score (nSPS) is 26.4. The Morgan fingerprint density at radius 1 is 1.20 bits per heavy atom. The van der Waals surface area contributed by atoms with Gasteiger partial charge in [-0.25, -0.2) is 12.7 Å². The molecule has 0 aromatic heterocycles. The molecule has 1 atom stereocenters. The van der Waals surface area contributed by atoms with E-state index in [2.05, 4.69) is 17.3 Å². The van der Waals surface area contributed by atoms with Crippen LogP contribution in [-0.4, -0.2) is 70.2 Å². The second kappa shape index (κ2) is 7.20. The number of hydrogen-bond donors (Lipinski definition) is 1. The zero-order valence-electron chi connectivity index (χ0n) is 12.8. The maximum absolute atomic E-state index is 12.3. The van der Waals surface area contributed by atoms with Gasteiger partial charge in [-0.1, -0.05) is 0 Å². The van der Waals surface area contributed by atoms with E-state index in [4.69, 9.17) is 0 Å². The fourth-order valence-corrected chi connectivity index (χ4v) is 4.68. The Labute approximate surface area is 123 Å². The van der Waals surface area contributed by atoms with Gasteiger partial charge in [0.05, 0.1) is 5.75 Å². The first kappa shape index (κ1) is 16.2. The van der Waals surface area contributed by atoms with Gasteiger partial charge in [0.15, 0.2) is 0 Å². The van der Waals surface area contributed by atoms with Crippen LogP contribution in [-0.2, 0) is 10.0 Å². The van der Waals surface area contributed by atoms with Gasteiger partial charge in [-0.3, -0.25) is 0 Å². The number of nitrogens with one attached hydrogen (secondary N) is 1. The maximum Gasteiger partial charge on any atom is 0.213 e. The molecule has 1 unspecified atom stereocenters. The van der Waals surface area contributed by atoms with Gasteiger partial charge < -0.3 is 10.2 Å². The van der Waals surface area contributed by atoms with Gasteiger partial charge in [-0.05, 0) is 64.2 Å². The molecule has 2 rings (SSSR count). The van der Waals surface area contributed by atoms with Crippen molar-refractivity contribution in [1.82, 2.24) is 14.5 Å². The molecule has 0 aromatic rings. The van der Waals surface area contributed by atoms with Gasteiger partial charge >= 0.3 is 0 Å². The number of likely N-dealkylation sites (tertiary alicyclic amines) is 1. The third kappa shape index (κ3) is 4.69. The first-order valence-electron chi connectivity index (χ1n) is 7.80.